The zero-order valence-electron chi connectivity index (χ0n) is 11.7. The van der Waals surface area contributed by atoms with Gasteiger partial charge in [0.25, 0.3) is 0 Å². The Balaban J connectivity index is 2.01. The summed E-state index contributed by atoms with van der Waals surface area (Å²) >= 11 is 0. The van der Waals surface area contributed by atoms with Crippen LogP contribution in [0.3, 0.4) is 0 Å². The predicted octanol–water partition coefficient (Wildman–Crippen LogP) is 2.19. The van der Waals surface area contributed by atoms with Gasteiger partial charge in [-0.15, -0.1) is 0 Å². The van der Waals surface area contributed by atoms with Crippen LogP contribution < -0.4 is 10.5 Å². The molecule has 0 bridgehead atoms. The highest BCUT2D eigenvalue weighted by atomic mass is 16.5. The van der Waals surface area contributed by atoms with E-state index in [9.17, 15) is 4.79 Å². The van der Waals surface area contributed by atoms with E-state index in [2.05, 4.69) is 11.8 Å². The maximum absolute atomic E-state index is 12.2. The Bertz CT molecular complexity index is 459. The molecule has 2 N–H and O–H groups in total. The second-order valence-corrected chi connectivity index (χ2v) is 5.36. The van der Waals surface area contributed by atoms with Crippen LogP contribution in [0.2, 0.25) is 0 Å². The summed E-state index contributed by atoms with van der Waals surface area (Å²) in [5.74, 6) is 1.43. The van der Waals surface area contributed by atoms with E-state index in [1.807, 2.05) is 0 Å². The van der Waals surface area contributed by atoms with E-state index in [4.69, 9.17) is 10.5 Å². The summed E-state index contributed by atoms with van der Waals surface area (Å²) in [6, 6.07) is 5.24. The van der Waals surface area contributed by atoms with Gasteiger partial charge in [0.05, 0.1) is 19.3 Å². The molecule has 1 aliphatic rings. The Hall–Kier alpha value is -1.55. The van der Waals surface area contributed by atoms with E-state index < -0.39 is 0 Å². The number of nitrogen functional groups attached to an aromatic ring is 1. The molecule has 4 heteroatoms. The van der Waals surface area contributed by atoms with E-state index in [1.165, 1.54) is 12.8 Å². The van der Waals surface area contributed by atoms with E-state index in [0.717, 1.165) is 13.1 Å². The zero-order chi connectivity index (χ0) is 13.8. The number of ketones is 1. The van der Waals surface area contributed by atoms with Crippen LogP contribution in [0.15, 0.2) is 18.2 Å². The molecule has 0 aliphatic carbocycles. The van der Waals surface area contributed by atoms with Gasteiger partial charge in [0.15, 0.2) is 5.78 Å². The van der Waals surface area contributed by atoms with Gasteiger partial charge in [-0.2, -0.15) is 0 Å². The molecule has 4 nitrogen and oxygen atoms in total. The number of hydrogen-bond acceptors (Lipinski definition) is 4. The lowest BCUT2D eigenvalue weighted by Gasteiger charge is -2.30. The van der Waals surface area contributed by atoms with Gasteiger partial charge in [-0.05, 0) is 43.5 Å². The van der Waals surface area contributed by atoms with Crippen LogP contribution in [0.25, 0.3) is 0 Å². The standard InChI is InChI=1S/C15H22N2O2/c1-11-4-3-7-17(9-11)10-14(18)12-5-6-15(19-2)13(16)8-12/h5-6,8,11H,3-4,7,9-10,16H2,1-2H3. The van der Waals surface area contributed by atoms with Gasteiger partial charge in [0, 0.05) is 12.1 Å². The number of benzene rings is 1. The smallest absolute Gasteiger partial charge is 0.176 e. The van der Waals surface area contributed by atoms with Crippen LogP contribution in [0, 0.1) is 5.92 Å². The SMILES string of the molecule is COc1ccc(C(=O)CN2CCCC(C)C2)cc1N. The second-order valence-electron chi connectivity index (χ2n) is 5.36. The Labute approximate surface area is 114 Å². The van der Waals surface area contributed by atoms with E-state index in [-0.39, 0.29) is 5.78 Å². The summed E-state index contributed by atoms with van der Waals surface area (Å²) in [5, 5.41) is 0. The number of carbonyl (C=O) groups is 1. The minimum Gasteiger partial charge on any atom is -0.495 e. The molecule has 1 unspecified atom stereocenters. The summed E-state index contributed by atoms with van der Waals surface area (Å²) in [6.07, 6.45) is 2.44. The molecule has 1 atom stereocenters. The van der Waals surface area contributed by atoms with Crippen LogP contribution in [-0.4, -0.2) is 37.4 Å². The third-order valence-electron chi connectivity index (χ3n) is 3.66. The molecule has 1 heterocycles. The highest BCUT2D eigenvalue weighted by Crippen LogP contribution is 2.22. The van der Waals surface area contributed by atoms with Gasteiger partial charge < -0.3 is 10.5 Å². The fraction of sp³-hybridized carbons (Fsp3) is 0.533. The molecule has 1 aromatic carbocycles. The van der Waals surface area contributed by atoms with Crippen molar-refractivity contribution in [2.75, 3.05) is 32.5 Å². The number of rotatable bonds is 4. The van der Waals surface area contributed by atoms with Gasteiger partial charge in [0.2, 0.25) is 0 Å². The van der Waals surface area contributed by atoms with Gasteiger partial charge in [-0.1, -0.05) is 6.92 Å². The molecule has 0 saturated carbocycles. The summed E-state index contributed by atoms with van der Waals surface area (Å²) in [4.78, 5) is 14.5. The van der Waals surface area contributed by atoms with Crippen LogP contribution in [0.4, 0.5) is 5.69 Å². The van der Waals surface area contributed by atoms with Crippen molar-refractivity contribution < 1.29 is 9.53 Å². The molecule has 1 aromatic rings. The minimum absolute atomic E-state index is 0.128. The molecule has 1 aliphatic heterocycles. The average molecular weight is 262 g/mol. The molecule has 2 rings (SSSR count). The number of methoxy groups -OCH3 is 1. The number of hydrogen-bond donors (Lipinski definition) is 1. The van der Waals surface area contributed by atoms with E-state index in [0.29, 0.717) is 29.5 Å². The number of nitrogens with two attached hydrogens (primary N) is 1. The van der Waals surface area contributed by atoms with Crippen LogP contribution in [0.5, 0.6) is 5.75 Å². The molecular formula is C15H22N2O2. The number of Topliss-reactive ketones (excluding diaryl/α,β-unsaturated/α-hetero) is 1. The lowest BCUT2D eigenvalue weighted by molar-refractivity contribution is 0.0893. The first kappa shape index (κ1) is 13.9. The van der Waals surface area contributed by atoms with Crippen molar-refractivity contribution in [1.29, 1.82) is 0 Å². The maximum Gasteiger partial charge on any atom is 0.176 e. The molecule has 1 saturated heterocycles. The number of likely N-dealkylation sites (tertiary alicyclic amines) is 1. The third kappa shape index (κ3) is 3.47. The number of piperidine rings is 1. The van der Waals surface area contributed by atoms with Gasteiger partial charge in [0.1, 0.15) is 5.75 Å². The van der Waals surface area contributed by atoms with Crippen molar-refractivity contribution in [2.24, 2.45) is 5.92 Å². The van der Waals surface area contributed by atoms with Crippen molar-refractivity contribution in [3.8, 4) is 5.75 Å². The predicted molar refractivity (Wildman–Crippen MR) is 76.6 cm³/mol. The number of ether oxygens (including phenoxy) is 1. The fourth-order valence-electron chi connectivity index (χ4n) is 2.63. The van der Waals surface area contributed by atoms with Crippen LogP contribution >= 0.6 is 0 Å². The van der Waals surface area contributed by atoms with E-state index >= 15 is 0 Å². The molecule has 104 valence electrons. The number of carbonyl (C=O) groups excluding carboxylic acids is 1. The summed E-state index contributed by atoms with van der Waals surface area (Å²) in [5.41, 5.74) is 7.01. The van der Waals surface area contributed by atoms with Crippen molar-refractivity contribution in [1.82, 2.24) is 4.90 Å². The molecule has 0 amide bonds. The van der Waals surface area contributed by atoms with Gasteiger partial charge in [-0.25, -0.2) is 0 Å². The lowest BCUT2D eigenvalue weighted by atomic mass is 9.99. The van der Waals surface area contributed by atoms with Crippen LogP contribution in [-0.2, 0) is 0 Å². The molecular weight excluding hydrogens is 240 g/mol. The first-order chi connectivity index (χ1) is 9.10. The van der Waals surface area contributed by atoms with Crippen molar-refractivity contribution in [2.45, 2.75) is 19.8 Å². The van der Waals surface area contributed by atoms with Crippen LogP contribution in [0.1, 0.15) is 30.1 Å². The normalized spacial score (nSPS) is 20.2. The Morgan fingerprint density at radius 2 is 2.32 bits per heavy atom. The topological polar surface area (TPSA) is 55.6 Å². The Kier molecular flexibility index (Phi) is 4.43. The quantitative estimate of drug-likeness (QED) is 0.667. The molecule has 0 aromatic heterocycles. The fourth-order valence-corrected chi connectivity index (χ4v) is 2.63. The second kappa shape index (κ2) is 6.06. The highest BCUT2D eigenvalue weighted by Gasteiger charge is 2.19. The first-order valence-corrected chi connectivity index (χ1v) is 6.79. The summed E-state index contributed by atoms with van der Waals surface area (Å²) in [6.45, 7) is 4.75. The molecule has 0 radical (unpaired) electrons. The first-order valence-electron chi connectivity index (χ1n) is 6.79. The maximum atomic E-state index is 12.2. The largest absolute Gasteiger partial charge is 0.495 e. The lowest BCUT2D eigenvalue weighted by Crippen LogP contribution is -2.37. The van der Waals surface area contributed by atoms with Crippen molar-refractivity contribution >= 4 is 11.5 Å². The summed E-state index contributed by atoms with van der Waals surface area (Å²) in [7, 11) is 1.57. The van der Waals surface area contributed by atoms with Crippen molar-refractivity contribution in [3.05, 3.63) is 23.8 Å². The molecule has 0 spiro atoms. The van der Waals surface area contributed by atoms with Gasteiger partial charge >= 0.3 is 0 Å². The number of nitrogens with zero attached hydrogens (tertiary/aromatic N) is 1. The number of anilines is 1. The Morgan fingerprint density at radius 1 is 1.53 bits per heavy atom. The van der Waals surface area contributed by atoms with E-state index in [1.54, 1.807) is 25.3 Å². The summed E-state index contributed by atoms with van der Waals surface area (Å²) < 4.78 is 5.10. The van der Waals surface area contributed by atoms with Gasteiger partial charge in [-0.3, -0.25) is 9.69 Å². The van der Waals surface area contributed by atoms with Crippen molar-refractivity contribution in [3.63, 3.8) is 0 Å². The molecule has 1 fully saturated rings. The monoisotopic (exact) mass is 262 g/mol. The Morgan fingerprint density at radius 3 is 2.95 bits per heavy atom. The highest BCUT2D eigenvalue weighted by molar-refractivity contribution is 5.98. The zero-order valence-corrected chi connectivity index (χ0v) is 11.7. The third-order valence-corrected chi connectivity index (χ3v) is 3.66. The minimum atomic E-state index is 0.128. The molecule has 19 heavy (non-hydrogen) atoms. The average Bonchev–Trinajstić information content (AvgIpc) is 2.38.